The van der Waals surface area contributed by atoms with Crippen molar-refractivity contribution in [2.45, 2.75) is 17.8 Å². The van der Waals surface area contributed by atoms with E-state index in [1.165, 1.54) is 0 Å². The predicted octanol–water partition coefficient (Wildman–Crippen LogP) is 4.48. The van der Waals surface area contributed by atoms with Gasteiger partial charge < -0.3 is 52.3 Å². The van der Waals surface area contributed by atoms with E-state index in [0.717, 1.165) is 32.3 Å². The number of nitrogens with two attached hydrogens (primary N) is 3. The largest absolute Gasteiger partial charge is 0.477 e. The third-order valence-corrected chi connectivity index (χ3v) is 12.9. The summed E-state index contributed by atoms with van der Waals surface area (Å²) < 4.78 is 12.3. The molecular formula is C55H51B3N8O7. The summed E-state index contributed by atoms with van der Waals surface area (Å²) in [5.74, 6) is -3.04. The van der Waals surface area contributed by atoms with Gasteiger partial charge in [-0.1, -0.05) is 115 Å². The van der Waals surface area contributed by atoms with Crippen molar-refractivity contribution in [3.05, 3.63) is 205 Å². The van der Waals surface area contributed by atoms with Crippen molar-refractivity contribution in [3.63, 3.8) is 0 Å². The molecule has 0 aliphatic rings. The van der Waals surface area contributed by atoms with Gasteiger partial charge in [-0.15, -0.1) is 0 Å². The highest BCUT2D eigenvalue weighted by molar-refractivity contribution is 6.79. The number of hydrogen-bond donors (Lipinski definition) is 8. The van der Waals surface area contributed by atoms with Gasteiger partial charge in [-0.25, -0.2) is 0 Å². The van der Waals surface area contributed by atoms with E-state index < -0.39 is 39.1 Å². The molecule has 9 aromatic rings. The Morgan fingerprint density at radius 3 is 1.16 bits per heavy atom. The van der Waals surface area contributed by atoms with Gasteiger partial charge in [0.25, 0.3) is 0 Å². The molecule has 0 bridgehead atoms. The lowest BCUT2D eigenvalue weighted by Crippen LogP contribution is -2.51. The van der Waals surface area contributed by atoms with E-state index in [1.54, 1.807) is 110 Å². The van der Waals surface area contributed by atoms with Crippen LogP contribution in [0.25, 0.3) is 32.3 Å². The minimum absolute atomic E-state index is 0.0146. The molecule has 73 heavy (non-hydrogen) atoms. The Morgan fingerprint density at radius 2 is 0.781 bits per heavy atom. The number of benzene rings is 7. The second-order valence-electron chi connectivity index (χ2n) is 17.6. The normalized spacial score (nSPS) is 12.5. The minimum atomic E-state index is -1.59. The lowest BCUT2D eigenvalue weighted by atomic mass is 9.67. The van der Waals surface area contributed by atoms with E-state index in [4.69, 9.17) is 26.3 Å². The maximum absolute atomic E-state index is 13.6. The lowest BCUT2D eigenvalue weighted by Gasteiger charge is -2.22. The van der Waals surface area contributed by atoms with E-state index in [0.29, 0.717) is 50.1 Å². The van der Waals surface area contributed by atoms with Gasteiger partial charge in [-0.3, -0.25) is 24.4 Å². The smallest absolute Gasteiger partial charge is 0.444 e. The molecule has 0 spiro atoms. The SMILES string of the molecule is NCC(C(=O)Nc1ccc2ccccc2c1)c1ccc(B(OB(O)c2ccc(C(CN)C(=O)Nc3ccc4cnccc4c3)cc2)OB(O)c2ccc(C(CN)C(=O)Nc3ccc4cnccc4c3)cc2)cc1. The quantitative estimate of drug-likeness (QED) is 0.0523. The summed E-state index contributed by atoms with van der Waals surface area (Å²) in [5.41, 5.74) is 23.2. The molecule has 11 N–H and O–H groups in total. The van der Waals surface area contributed by atoms with Crippen LogP contribution in [0.3, 0.4) is 0 Å². The van der Waals surface area contributed by atoms with Gasteiger partial charge >= 0.3 is 21.4 Å². The number of amides is 3. The Bertz CT molecular complexity index is 3240. The highest BCUT2D eigenvalue weighted by Gasteiger charge is 2.34. The fraction of sp³-hybridized carbons (Fsp3) is 0.109. The zero-order valence-electron chi connectivity index (χ0n) is 39.5. The number of nitrogens with one attached hydrogen (secondary N) is 3. The van der Waals surface area contributed by atoms with Crippen LogP contribution in [0.2, 0.25) is 0 Å². The Balaban J connectivity index is 0.917. The van der Waals surface area contributed by atoms with Gasteiger partial charge in [0.2, 0.25) is 17.7 Å². The number of carbonyl (C=O) groups excluding carboxylic acids is 3. The fourth-order valence-corrected chi connectivity index (χ4v) is 8.71. The van der Waals surface area contributed by atoms with Gasteiger partial charge in [-0.05, 0) is 103 Å². The van der Waals surface area contributed by atoms with Crippen molar-refractivity contribution in [1.29, 1.82) is 0 Å². The van der Waals surface area contributed by atoms with Gasteiger partial charge in [0.05, 0.1) is 17.8 Å². The maximum atomic E-state index is 13.6. The van der Waals surface area contributed by atoms with Gasteiger partial charge in [0.1, 0.15) is 0 Å². The molecule has 362 valence electrons. The van der Waals surface area contributed by atoms with E-state index in [9.17, 15) is 24.4 Å². The lowest BCUT2D eigenvalue weighted by molar-refractivity contribution is -0.118. The molecule has 3 amide bonds. The van der Waals surface area contributed by atoms with Gasteiger partial charge in [-0.2, -0.15) is 0 Å². The number of hydrogen-bond acceptors (Lipinski definition) is 12. The van der Waals surface area contributed by atoms with Crippen LogP contribution in [0.1, 0.15) is 34.4 Å². The first-order valence-electron chi connectivity index (χ1n) is 23.7. The average molecular weight is 968 g/mol. The zero-order chi connectivity index (χ0) is 50.8. The molecule has 7 aromatic carbocycles. The Labute approximate surface area is 422 Å². The molecule has 3 atom stereocenters. The van der Waals surface area contributed by atoms with Crippen LogP contribution in [0.4, 0.5) is 17.1 Å². The highest BCUT2D eigenvalue weighted by Crippen LogP contribution is 2.25. The average Bonchev–Trinajstić information content (AvgIpc) is 3.41. The van der Waals surface area contributed by atoms with Crippen molar-refractivity contribution in [1.82, 2.24) is 9.97 Å². The molecule has 2 heterocycles. The molecule has 0 fully saturated rings. The summed E-state index contributed by atoms with van der Waals surface area (Å²) in [6.45, 7) is 0.0548. The number of aromatic nitrogens is 2. The number of anilines is 3. The number of fused-ring (bicyclic) bond motifs is 3. The van der Waals surface area contributed by atoms with Crippen molar-refractivity contribution >= 4 is 105 Å². The van der Waals surface area contributed by atoms with Crippen LogP contribution in [0.5, 0.6) is 0 Å². The molecule has 3 unspecified atom stereocenters. The summed E-state index contributed by atoms with van der Waals surface area (Å²) in [5, 5.41) is 37.8. The Morgan fingerprint density at radius 1 is 0.438 bits per heavy atom. The second kappa shape index (κ2) is 23.0. The first-order chi connectivity index (χ1) is 35.6. The van der Waals surface area contributed by atoms with Crippen LogP contribution in [0, 0.1) is 0 Å². The van der Waals surface area contributed by atoms with Crippen molar-refractivity contribution in [2.75, 3.05) is 35.6 Å². The number of nitrogens with zero attached hydrogens (tertiary/aromatic N) is 2. The summed E-state index contributed by atoms with van der Waals surface area (Å²) in [6.07, 6.45) is 6.87. The first kappa shape index (κ1) is 49.9. The molecule has 18 heteroatoms. The summed E-state index contributed by atoms with van der Waals surface area (Å²) >= 11 is 0. The van der Waals surface area contributed by atoms with E-state index in [1.807, 2.05) is 78.9 Å². The van der Waals surface area contributed by atoms with Crippen LogP contribution < -0.4 is 49.5 Å². The molecule has 9 rings (SSSR count). The summed E-state index contributed by atoms with van der Waals surface area (Å²) in [4.78, 5) is 48.9. The summed E-state index contributed by atoms with van der Waals surface area (Å²) in [6, 6.07) is 48.4. The van der Waals surface area contributed by atoms with Crippen LogP contribution in [-0.4, -0.2) is 78.7 Å². The van der Waals surface area contributed by atoms with E-state index in [-0.39, 0.29) is 37.4 Å². The third-order valence-electron chi connectivity index (χ3n) is 12.9. The van der Waals surface area contributed by atoms with Crippen LogP contribution >= 0.6 is 0 Å². The third kappa shape index (κ3) is 11.8. The monoisotopic (exact) mass is 968 g/mol. The number of carbonyl (C=O) groups is 3. The van der Waals surface area contributed by atoms with Crippen LogP contribution in [0.15, 0.2) is 189 Å². The second-order valence-corrected chi connectivity index (χ2v) is 17.6. The molecule has 15 nitrogen and oxygen atoms in total. The number of pyridine rings is 2. The molecule has 0 saturated heterocycles. The van der Waals surface area contributed by atoms with E-state index in [2.05, 4.69) is 25.9 Å². The molecular weight excluding hydrogens is 917 g/mol. The van der Waals surface area contributed by atoms with Gasteiger partial charge in [0.15, 0.2) is 0 Å². The number of rotatable bonds is 19. The molecule has 0 aliphatic carbocycles. The highest BCUT2D eigenvalue weighted by atomic mass is 16.6. The molecule has 0 aliphatic heterocycles. The first-order valence-corrected chi connectivity index (χ1v) is 23.7. The predicted molar refractivity (Wildman–Crippen MR) is 291 cm³/mol. The van der Waals surface area contributed by atoms with Crippen molar-refractivity contribution in [2.24, 2.45) is 17.2 Å². The van der Waals surface area contributed by atoms with Crippen LogP contribution in [-0.2, 0) is 23.5 Å². The zero-order valence-corrected chi connectivity index (χ0v) is 39.5. The van der Waals surface area contributed by atoms with Gasteiger partial charge in [0, 0.05) is 72.3 Å². The fourth-order valence-electron chi connectivity index (χ4n) is 8.71. The Hall–Kier alpha value is -8.06. The summed E-state index contributed by atoms with van der Waals surface area (Å²) in [7, 11) is -4.54. The standard InChI is InChI=1S/C55H51B3N8O7/c59-30-50(53(67)65-48-21-12-42-33-62-25-23-40(42)28-48)36-5-14-44(15-6-36)56(70)72-58(46-18-9-38(10-19-46)52(32-61)55(69)64-47-20-11-35-3-1-2-4-39(35)27-47)73-57(71)45-16-7-37(8-17-45)51(31-60)54(68)66-49-22-13-43-34-63-26-24-41(43)29-49/h1-29,33-34,50-52,70-71H,30-32,59-61H2,(H,64,69)(H,65,67)(H,66,68). The maximum Gasteiger partial charge on any atom is 0.477 e. The molecule has 2 aromatic heterocycles. The van der Waals surface area contributed by atoms with Crippen molar-refractivity contribution < 1.29 is 33.6 Å². The minimum Gasteiger partial charge on any atom is -0.444 e. The van der Waals surface area contributed by atoms with E-state index >= 15 is 0 Å². The Kier molecular flexibility index (Phi) is 15.7. The van der Waals surface area contributed by atoms with Crippen molar-refractivity contribution in [3.8, 4) is 0 Å². The molecule has 0 saturated carbocycles. The topological polar surface area (TPSA) is 250 Å². The molecule has 0 radical (unpaired) electrons.